The van der Waals surface area contributed by atoms with Gasteiger partial charge in [0.25, 0.3) is 0 Å². The average molecular weight is 254 g/mol. The molecule has 0 bridgehead atoms. The van der Waals surface area contributed by atoms with Crippen LogP contribution in [0.4, 0.5) is 8.78 Å². The van der Waals surface area contributed by atoms with Crippen LogP contribution in [0.2, 0.25) is 0 Å². The molecule has 2 unspecified atom stereocenters. The minimum Gasteiger partial charge on any atom is -0.381 e. The number of ether oxygens (including phenoxy) is 1. The normalized spacial score (nSPS) is 24.0. The molecule has 0 aromatic heterocycles. The maximum atomic E-state index is 13.7. The van der Waals surface area contributed by atoms with Gasteiger partial charge in [0, 0.05) is 25.2 Å². The molecule has 2 nitrogen and oxygen atoms in total. The highest BCUT2D eigenvalue weighted by Gasteiger charge is 2.30. The maximum Gasteiger partial charge on any atom is 0.169 e. The first-order chi connectivity index (χ1) is 8.50. The van der Waals surface area contributed by atoms with Gasteiger partial charge in [0.15, 0.2) is 5.78 Å². The van der Waals surface area contributed by atoms with Gasteiger partial charge in [0.05, 0.1) is 5.56 Å². The third kappa shape index (κ3) is 2.43. The van der Waals surface area contributed by atoms with Crippen LogP contribution in [-0.4, -0.2) is 19.0 Å². The van der Waals surface area contributed by atoms with Crippen LogP contribution < -0.4 is 0 Å². The van der Waals surface area contributed by atoms with Gasteiger partial charge in [0.2, 0.25) is 0 Å². The smallest absolute Gasteiger partial charge is 0.169 e. The molecule has 1 aliphatic heterocycles. The molecule has 1 aliphatic rings. The van der Waals surface area contributed by atoms with Crippen molar-refractivity contribution in [3.63, 3.8) is 0 Å². The lowest BCUT2D eigenvalue weighted by molar-refractivity contribution is 0.0239. The van der Waals surface area contributed by atoms with Gasteiger partial charge < -0.3 is 4.74 Å². The van der Waals surface area contributed by atoms with E-state index in [2.05, 4.69) is 0 Å². The molecule has 2 atom stereocenters. The standard InChI is InChI=1S/C14H16F2O2/c1-8-5-11(13(16)6-12(8)15)14(17)10-3-4-18-7-9(10)2/h5-6,9-10H,3-4,7H2,1-2H3. The first-order valence-corrected chi connectivity index (χ1v) is 6.08. The lowest BCUT2D eigenvalue weighted by Crippen LogP contribution is -2.32. The average Bonchev–Trinajstić information content (AvgIpc) is 2.33. The predicted octanol–water partition coefficient (Wildman–Crippen LogP) is 3.13. The quantitative estimate of drug-likeness (QED) is 0.758. The first-order valence-electron chi connectivity index (χ1n) is 6.08. The number of carbonyl (C=O) groups excluding carboxylic acids is 1. The summed E-state index contributed by atoms with van der Waals surface area (Å²) in [6.45, 7) is 4.47. The SMILES string of the molecule is Cc1cc(C(=O)C2CCOCC2C)c(F)cc1F. The van der Waals surface area contributed by atoms with Crippen molar-refractivity contribution >= 4 is 5.78 Å². The van der Waals surface area contributed by atoms with Crippen molar-refractivity contribution in [2.24, 2.45) is 11.8 Å². The van der Waals surface area contributed by atoms with Gasteiger partial charge in [0.1, 0.15) is 11.6 Å². The van der Waals surface area contributed by atoms with E-state index in [0.717, 1.165) is 6.07 Å². The number of ketones is 1. The van der Waals surface area contributed by atoms with Gasteiger partial charge in [-0.15, -0.1) is 0 Å². The Labute approximate surface area is 105 Å². The van der Waals surface area contributed by atoms with Gasteiger partial charge in [-0.25, -0.2) is 8.78 Å². The minimum absolute atomic E-state index is 0.00681. The monoisotopic (exact) mass is 254 g/mol. The summed E-state index contributed by atoms with van der Waals surface area (Å²) in [6, 6.07) is 2.09. The number of hydrogen-bond donors (Lipinski definition) is 0. The summed E-state index contributed by atoms with van der Waals surface area (Å²) in [4.78, 5) is 12.3. The molecule has 0 spiro atoms. The van der Waals surface area contributed by atoms with Gasteiger partial charge in [-0.1, -0.05) is 6.92 Å². The lowest BCUT2D eigenvalue weighted by Gasteiger charge is -2.27. The predicted molar refractivity (Wildman–Crippen MR) is 63.5 cm³/mol. The molecule has 1 aromatic rings. The van der Waals surface area contributed by atoms with Crippen LogP contribution in [0.5, 0.6) is 0 Å². The summed E-state index contributed by atoms with van der Waals surface area (Å²) in [5.41, 5.74) is 0.284. The number of hydrogen-bond acceptors (Lipinski definition) is 2. The van der Waals surface area contributed by atoms with Crippen molar-refractivity contribution in [2.75, 3.05) is 13.2 Å². The van der Waals surface area contributed by atoms with Gasteiger partial charge in [-0.2, -0.15) is 0 Å². The Morgan fingerprint density at radius 2 is 2.06 bits per heavy atom. The number of Topliss-reactive ketones (excluding diaryl/α,β-unsaturated/α-hetero) is 1. The molecule has 98 valence electrons. The largest absolute Gasteiger partial charge is 0.381 e. The Morgan fingerprint density at radius 3 is 2.72 bits per heavy atom. The van der Waals surface area contributed by atoms with Gasteiger partial charge in [-0.05, 0) is 30.9 Å². The van der Waals surface area contributed by atoms with E-state index < -0.39 is 11.6 Å². The van der Waals surface area contributed by atoms with Crippen LogP contribution in [0.15, 0.2) is 12.1 Å². The fraction of sp³-hybridized carbons (Fsp3) is 0.500. The summed E-state index contributed by atoms with van der Waals surface area (Å²) in [5.74, 6) is -1.81. The summed E-state index contributed by atoms with van der Waals surface area (Å²) in [6.07, 6.45) is 0.593. The van der Waals surface area contributed by atoms with E-state index in [1.807, 2.05) is 6.92 Å². The van der Waals surface area contributed by atoms with E-state index in [9.17, 15) is 13.6 Å². The summed E-state index contributed by atoms with van der Waals surface area (Å²) >= 11 is 0. The lowest BCUT2D eigenvalue weighted by atomic mass is 9.83. The molecule has 1 aromatic carbocycles. The number of halogens is 2. The molecule has 0 N–H and O–H groups in total. The molecular weight excluding hydrogens is 238 g/mol. The van der Waals surface area contributed by atoms with Crippen LogP contribution in [0.3, 0.4) is 0 Å². The second kappa shape index (κ2) is 5.14. The maximum absolute atomic E-state index is 13.7. The highest BCUT2D eigenvalue weighted by Crippen LogP contribution is 2.27. The molecule has 18 heavy (non-hydrogen) atoms. The van der Waals surface area contributed by atoms with Gasteiger partial charge >= 0.3 is 0 Å². The molecule has 4 heteroatoms. The van der Waals surface area contributed by atoms with Crippen LogP contribution >= 0.6 is 0 Å². The van der Waals surface area contributed by atoms with Gasteiger partial charge in [-0.3, -0.25) is 4.79 Å². The first kappa shape index (κ1) is 13.1. The number of aryl methyl sites for hydroxylation is 1. The van der Waals surface area contributed by atoms with Crippen molar-refractivity contribution in [1.29, 1.82) is 0 Å². The fourth-order valence-corrected chi connectivity index (χ4v) is 2.32. The Kier molecular flexibility index (Phi) is 3.76. The number of rotatable bonds is 2. The fourth-order valence-electron chi connectivity index (χ4n) is 2.32. The molecule has 0 radical (unpaired) electrons. The molecule has 1 fully saturated rings. The second-order valence-electron chi connectivity index (χ2n) is 4.89. The molecule has 0 saturated carbocycles. The molecule has 1 heterocycles. The zero-order valence-corrected chi connectivity index (χ0v) is 10.5. The van der Waals surface area contributed by atoms with Crippen LogP contribution in [-0.2, 0) is 4.74 Å². The summed E-state index contributed by atoms with van der Waals surface area (Å²) in [5, 5.41) is 0. The summed E-state index contributed by atoms with van der Waals surface area (Å²) < 4.78 is 32.1. The van der Waals surface area contributed by atoms with Crippen molar-refractivity contribution in [2.45, 2.75) is 20.3 Å². The highest BCUT2D eigenvalue weighted by molar-refractivity contribution is 5.98. The van der Waals surface area contributed by atoms with Crippen molar-refractivity contribution < 1.29 is 18.3 Å². The van der Waals surface area contributed by atoms with Crippen LogP contribution in [0.25, 0.3) is 0 Å². The van der Waals surface area contributed by atoms with E-state index >= 15 is 0 Å². The van der Waals surface area contributed by atoms with E-state index in [-0.39, 0.29) is 23.2 Å². The molecule has 0 amide bonds. The van der Waals surface area contributed by atoms with E-state index in [1.54, 1.807) is 0 Å². The molecule has 1 saturated heterocycles. The third-order valence-electron chi connectivity index (χ3n) is 3.49. The Balaban J connectivity index is 2.30. The van der Waals surface area contributed by atoms with Crippen LogP contribution in [0, 0.1) is 30.4 Å². The summed E-state index contributed by atoms with van der Waals surface area (Å²) in [7, 11) is 0. The number of carbonyl (C=O) groups is 1. The highest BCUT2D eigenvalue weighted by atomic mass is 19.1. The third-order valence-corrected chi connectivity index (χ3v) is 3.49. The molecule has 0 aliphatic carbocycles. The Hall–Kier alpha value is -1.29. The zero-order valence-electron chi connectivity index (χ0n) is 10.5. The topological polar surface area (TPSA) is 26.3 Å². The van der Waals surface area contributed by atoms with Crippen molar-refractivity contribution in [3.05, 3.63) is 34.9 Å². The van der Waals surface area contributed by atoms with Crippen molar-refractivity contribution in [3.8, 4) is 0 Å². The Bertz CT molecular complexity index is 471. The van der Waals surface area contributed by atoms with E-state index in [4.69, 9.17) is 4.74 Å². The van der Waals surface area contributed by atoms with Crippen LogP contribution in [0.1, 0.15) is 29.3 Å². The number of benzene rings is 1. The van der Waals surface area contributed by atoms with E-state index in [0.29, 0.717) is 25.2 Å². The second-order valence-corrected chi connectivity index (χ2v) is 4.89. The minimum atomic E-state index is -0.776. The van der Waals surface area contributed by atoms with E-state index in [1.165, 1.54) is 13.0 Å². The zero-order chi connectivity index (χ0) is 13.3. The van der Waals surface area contributed by atoms with Crippen molar-refractivity contribution in [1.82, 2.24) is 0 Å². The molecular formula is C14H16F2O2. The molecule has 2 rings (SSSR count). The Morgan fingerprint density at radius 1 is 1.33 bits per heavy atom.